The summed E-state index contributed by atoms with van der Waals surface area (Å²) in [6.07, 6.45) is 0.234. The second kappa shape index (κ2) is 30.9. The highest BCUT2D eigenvalue weighted by molar-refractivity contribution is 6.69. The number of ether oxygens (including phenoxy) is 11. The highest BCUT2D eigenvalue weighted by atomic mass is 28.4. The number of carbonyl (C=O) groups excluding carboxylic acids is 1. The Morgan fingerprint density at radius 2 is 0.636 bits per heavy atom. The number of hydrogen-bond acceptors (Lipinski definition) is 13. The minimum atomic E-state index is -1.45. The molecule has 0 aromatic rings. The van der Waals surface area contributed by atoms with Gasteiger partial charge in [-0.25, -0.2) is 0 Å². The number of esters is 1. The smallest absolute Gasteiger partial charge is 0.308 e. The minimum Gasteiger partial charge on any atom is -0.460 e. The van der Waals surface area contributed by atoms with E-state index in [0.717, 1.165) is 0 Å². The lowest BCUT2D eigenvalue weighted by atomic mass is 10.2. The summed E-state index contributed by atoms with van der Waals surface area (Å²) in [5, 5.41) is 0. The molecule has 264 valence electrons. The summed E-state index contributed by atoms with van der Waals surface area (Å²) in [5.74, 6) is -0.263. The third-order valence-corrected chi connectivity index (χ3v) is 6.05. The highest BCUT2D eigenvalue weighted by Crippen LogP contribution is 2.08. The van der Waals surface area contributed by atoms with Gasteiger partial charge in [-0.15, -0.1) is 0 Å². The fraction of sp³-hybridized carbons (Fsp3) is 0.967. The van der Waals surface area contributed by atoms with E-state index < -0.39 is 13.9 Å². The molecule has 0 radical (unpaired) electrons. The summed E-state index contributed by atoms with van der Waals surface area (Å²) in [6, 6.07) is 0. The molecule has 14 heteroatoms. The fourth-order valence-corrected chi connectivity index (χ4v) is 3.73. The van der Waals surface area contributed by atoms with Crippen molar-refractivity contribution < 1.29 is 61.3 Å². The summed E-state index contributed by atoms with van der Waals surface area (Å²) in [4.78, 5) is 11.6. The first-order valence-electron chi connectivity index (χ1n) is 15.7. The zero-order chi connectivity index (χ0) is 32.6. The monoisotopic (exact) mass is 658 g/mol. The average molecular weight is 659 g/mol. The molecule has 0 aromatic heterocycles. The third-order valence-electron chi connectivity index (χ3n) is 4.98. The maximum absolute atomic E-state index is 11.6. The maximum atomic E-state index is 11.6. The summed E-state index contributed by atoms with van der Waals surface area (Å²) in [7, 11) is -1.45. The van der Waals surface area contributed by atoms with Gasteiger partial charge in [0.05, 0.1) is 145 Å². The molecule has 0 unspecified atom stereocenters. The Kier molecular flexibility index (Phi) is 30.3. The van der Waals surface area contributed by atoms with Crippen LogP contribution in [0.15, 0.2) is 0 Å². The van der Waals surface area contributed by atoms with Gasteiger partial charge < -0.3 is 56.5 Å². The molecule has 13 nitrogen and oxygen atoms in total. The molecule has 0 spiro atoms. The van der Waals surface area contributed by atoms with Gasteiger partial charge in [0, 0.05) is 0 Å². The van der Waals surface area contributed by atoms with Crippen molar-refractivity contribution in [1.82, 2.24) is 0 Å². The number of hydrogen-bond donors (Lipinski definition) is 0. The fourth-order valence-electron chi connectivity index (χ4n) is 3.04. The lowest BCUT2D eigenvalue weighted by molar-refractivity contribution is -0.156. The van der Waals surface area contributed by atoms with Crippen LogP contribution in [0.5, 0.6) is 0 Å². The van der Waals surface area contributed by atoms with E-state index in [4.69, 9.17) is 56.5 Å². The first-order chi connectivity index (χ1) is 21.1. The van der Waals surface area contributed by atoms with E-state index in [-0.39, 0.29) is 12.4 Å². The van der Waals surface area contributed by atoms with Crippen molar-refractivity contribution in [2.45, 2.75) is 52.4 Å². The van der Waals surface area contributed by atoms with E-state index in [2.05, 4.69) is 19.6 Å². The molecule has 0 aliphatic carbocycles. The zero-order valence-corrected chi connectivity index (χ0v) is 29.4. The maximum Gasteiger partial charge on any atom is 0.308 e. The summed E-state index contributed by atoms with van der Waals surface area (Å²) in [5.41, 5.74) is -0.471. The summed E-state index contributed by atoms with van der Waals surface area (Å²) in [6.45, 7) is 22.6. The quantitative estimate of drug-likeness (QED) is 0.0572. The molecule has 0 atom stereocenters. The Bertz CT molecular complexity index is 615. The third kappa shape index (κ3) is 39.3. The first-order valence-corrected chi connectivity index (χ1v) is 19.1. The van der Waals surface area contributed by atoms with Gasteiger partial charge in [0.25, 0.3) is 0 Å². The molecule has 0 fully saturated rings. The molecule has 0 rings (SSSR count). The molecule has 0 heterocycles. The van der Waals surface area contributed by atoms with Crippen molar-refractivity contribution in [3.8, 4) is 0 Å². The van der Waals surface area contributed by atoms with Crippen LogP contribution in [-0.4, -0.2) is 159 Å². The Labute approximate surface area is 266 Å². The van der Waals surface area contributed by atoms with Crippen LogP contribution < -0.4 is 0 Å². The van der Waals surface area contributed by atoms with Crippen molar-refractivity contribution in [2.75, 3.05) is 139 Å². The van der Waals surface area contributed by atoms with Crippen LogP contribution in [0.4, 0.5) is 0 Å². The zero-order valence-electron chi connectivity index (χ0n) is 28.4. The topological polar surface area (TPSA) is 128 Å². The second-order valence-electron chi connectivity index (χ2n) is 11.4. The average Bonchev–Trinajstić information content (AvgIpc) is 2.94. The van der Waals surface area contributed by atoms with E-state index in [1.54, 1.807) is 0 Å². The number of rotatable bonds is 34. The molecule has 0 amide bonds. The van der Waals surface area contributed by atoms with Gasteiger partial charge in [0.15, 0.2) is 8.32 Å². The molecule has 0 aromatic carbocycles. The lowest BCUT2D eigenvalue weighted by Crippen LogP contribution is -2.27. The Hall–Kier alpha value is -0.753. The van der Waals surface area contributed by atoms with Crippen molar-refractivity contribution in [2.24, 2.45) is 0 Å². The summed E-state index contributed by atoms with van der Waals surface area (Å²) >= 11 is 0. The minimum absolute atomic E-state index is 0.234. The highest BCUT2D eigenvalue weighted by Gasteiger charge is 2.15. The first kappa shape index (κ1) is 43.2. The van der Waals surface area contributed by atoms with E-state index in [0.29, 0.717) is 139 Å². The number of carbonyl (C=O) groups is 1. The molecule has 0 saturated carbocycles. The molecule has 0 bridgehead atoms. The van der Waals surface area contributed by atoms with Crippen LogP contribution in [0.25, 0.3) is 0 Å². The van der Waals surface area contributed by atoms with E-state index in [1.807, 2.05) is 20.8 Å². The van der Waals surface area contributed by atoms with Crippen LogP contribution in [0.1, 0.15) is 27.2 Å². The predicted octanol–water partition coefficient (Wildman–Crippen LogP) is 2.74. The summed E-state index contributed by atoms with van der Waals surface area (Å²) < 4.78 is 65.4. The van der Waals surface area contributed by atoms with Crippen molar-refractivity contribution in [1.29, 1.82) is 0 Å². The molecular weight excluding hydrogens is 596 g/mol. The van der Waals surface area contributed by atoms with Crippen molar-refractivity contribution in [3.63, 3.8) is 0 Å². The standard InChI is InChI=1S/C30H62O13Si/c1-30(2,3)43-29(31)7-8-32-9-10-33-11-12-34-13-14-35-15-16-36-17-18-37-19-20-38-21-22-39-23-24-40-25-26-41-27-28-42-44(4,5)6/h7-28H2,1-6H3. The van der Waals surface area contributed by atoms with Crippen LogP contribution >= 0.6 is 0 Å². The molecule has 0 aliphatic heterocycles. The van der Waals surface area contributed by atoms with Crippen molar-refractivity contribution in [3.05, 3.63) is 0 Å². The van der Waals surface area contributed by atoms with Crippen molar-refractivity contribution >= 4 is 14.3 Å². The van der Waals surface area contributed by atoms with E-state index in [1.165, 1.54) is 0 Å². The normalized spacial score (nSPS) is 12.2. The van der Waals surface area contributed by atoms with Crippen LogP contribution in [0.2, 0.25) is 19.6 Å². The second-order valence-corrected chi connectivity index (χ2v) is 15.9. The predicted molar refractivity (Wildman–Crippen MR) is 168 cm³/mol. The lowest BCUT2D eigenvalue weighted by Gasteiger charge is -2.19. The van der Waals surface area contributed by atoms with E-state index >= 15 is 0 Å². The van der Waals surface area contributed by atoms with Crippen LogP contribution in [0, 0.1) is 0 Å². The Morgan fingerprint density at radius 3 is 0.864 bits per heavy atom. The Balaban J connectivity index is 3.11. The van der Waals surface area contributed by atoms with Crippen LogP contribution in [0.3, 0.4) is 0 Å². The molecule has 0 aliphatic rings. The SMILES string of the molecule is CC(C)(C)OC(=O)CCOCCOCCOCCOCCOCCOCCOCCOCCOCCOCCO[Si](C)(C)C. The molecule has 44 heavy (non-hydrogen) atoms. The van der Waals surface area contributed by atoms with E-state index in [9.17, 15) is 4.79 Å². The van der Waals surface area contributed by atoms with Gasteiger partial charge in [0.2, 0.25) is 0 Å². The van der Waals surface area contributed by atoms with Gasteiger partial charge in [-0.3, -0.25) is 4.79 Å². The van der Waals surface area contributed by atoms with Gasteiger partial charge in [-0.1, -0.05) is 0 Å². The largest absolute Gasteiger partial charge is 0.460 e. The van der Waals surface area contributed by atoms with Gasteiger partial charge in [-0.05, 0) is 40.4 Å². The molecule has 0 N–H and O–H groups in total. The molecule has 0 saturated heterocycles. The Morgan fingerprint density at radius 1 is 0.409 bits per heavy atom. The van der Waals surface area contributed by atoms with Crippen LogP contribution in [-0.2, 0) is 61.3 Å². The van der Waals surface area contributed by atoms with Gasteiger partial charge in [-0.2, -0.15) is 0 Å². The van der Waals surface area contributed by atoms with Gasteiger partial charge in [0.1, 0.15) is 5.60 Å². The molecular formula is C30H62O13Si. The van der Waals surface area contributed by atoms with Gasteiger partial charge >= 0.3 is 5.97 Å².